The third-order valence-electron chi connectivity index (χ3n) is 9.07. The first-order valence-corrected chi connectivity index (χ1v) is 16.3. The highest BCUT2D eigenvalue weighted by Crippen LogP contribution is 2.45. The zero-order chi connectivity index (χ0) is 36.2. The number of aliphatic hydroxyl groups is 1. The maximum atomic E-state index is 15.1. The number of hydrogen-bond donors (Lipinski definition) is 2. The van der Waals surface area contributed by atoms with Crippen molar-refractivity contribution in [3.05, 3.63) is 89.1 Å². The van der Waals surface area contributed by atoms with Crippen molar-refractivity contribution in [2.45, 2.75) is 50.1 Å². The molecule has 1 aliphatic heterocycles. The number of piperidine rings is 1. The van der Waals surface area contributed by atoms with E-state index in [9.17, 15) is 14.7 Å². The van der Waals surface area contributed by atoms with Gasteiger partial charge < -0.3 is 33.9 Å². The van der Waals surface area contributed by atoms with Crippen LogP contribution in [0.3, 0.4) is 0 Å². The summed E-state index contributed by atoms with van der Waals surface area (Å²) in [6, 6.07) is 17.2. The normalized spacial score (nSPS) is 15.4. The quantitative estimate of drug-likeness (QED) is 0.183. The smallest absolute Gasteiger partial charge is 0.422 e. The molecule has 50 heavy (non-hydrogen) atoms. The number of likely N-dealkylation sites (tertiary alicyclic amines) is 1. The van der Waals surface area contributed by atoms with Crippen LogP contribution in [-0.2, 0) is 23.4 Å². The Kier molecular flexibility index (Phi) is 11.0. The van der Waals surface area contributed by atoms with Crippen molar-refractivity contribution in [2.75, 3.05) is 47.9 Å². The Morgan fingerprint density at radius 1 is 0.940 bits per heavy atom. The highest BCUT2D eigenvalue weighted by molar-refractivity contribution is 5.98. The van der Waals surface area contributed by atoms with Gasteiger partial charge >= 0.3 is 12.1 Å². The molecule has 5 rings (SSSR count). The van der Waals surface area contributed by atoms with E-state index >= 15 is 13.2 Å². The van der Waals surface area contributed by atoms with Crippen LogP contribution < -0.4 is 14.2 Å². The van der Waals surface area contributed by atoms with Crippen LogP contribution in [0.4, 0.5) is 13.2 Å². The Labute approximate surface area is 288 Å². The van der Waals surface area contributed by atoms with E-state index < -0.39 is 24.3 Å². The Morgan fingerprint density at radius 2 is 1.58 bits per heavy atom. The predicted molar refractivity (Wildman–Crippen MR) is 181 cm³/mol. The average Bonchev–Trinajstić information content (AvgIpc) is 3.45. The Bertz CT molecular complexity index is 1790. The van der Waals surface area contributed by atoms with Gasteiger partial charge in [-0.25, -0.2) is 0 Å². The maximum absolute atomic E-state index is 15.1. The van der Waals surface area contributed by atoms with Gasteiger partial charge in [-0.3, -0.25) is 14.5 Å². The molecule has 1 fully saturated rings. The van der Waals surface area contributed by atoms with Crippen LogP contribution in [0.2, 0.25) is 0 Å². The summed E-state index contributed by atoms with van der Waals surface area (Å²) in [5.41, 5.74) is -1.23. The van der Waals surface area contributed by atoms with Crippen molar-refractivity contribution in [1.29, 1.82) is 0 Å². The second kappa shape index (κ2) is 15.0. The Balaban J connectivity index is 1.40. The Hall–Kier alpha value is -4.75. The van der Waals surface area contributed by atoms with Crippen LogP contribution in [0.15, 0.2) is 66.9 Å². The van der Waals surface area contributed by atoms with Crippen LogP contribution in [0.5, 0.6) is 17.2 Å². The van der Waals surface area contributed by atoms with Gasteiger partial charge in [-0.2, -0.15) is 13.2 Å². The molecule has 268 valence electrons. The number of rotatable bonds is 13. The van der Waals surface area contributed by atoms with Crippen LogP contribution in [0.1, 0.15) is 46.3 Å². The molecule has 0 radical (unpaired) electrons. The summed E-state index contributed by atoms with van der Waals surface area (Å²) >= 11 is 0. The highest BCUT2D eigenvalue weighted by atomic mass is 19.4. The first-order valence-electron chi connectivity index (χ1n) is 16.3. The molecule has 1 saturated heterocycles. The zero-order valence-electron chi connectivity index (χ0n) is 28.5. The molecule has 3 aromatic carbocycles. The van der Waals surface area contributed by atoms with Gasteiger partial charge in [-0.1, -0.05) is 36.4 Å². The fourth-order valence-corrected chi connectivity index (χ4v) is 6.37. The minimum Gasteiger partial charge on any atom is -0.493 e. The molecule has 1 atom stereocenters. The zero-order valence-corrected chi connectivity index (χ0v) is 28.5. The van der Waals surface area contributed by atoms with Crippen molar-refractivity contribution >= 4 is 22.8 Å². The molecule has 2 heterocycles. The number of carbonyl (C=O) groups excluding carboxylic acids is 1. The number of alkyl halides is 3. The number of hydrogen-bond acceptors (Lipinski definition) is 7. The molecule has 1 amide bonds. The van der Waals surface area contributed by atoms with Crippen molar-refractivity contribution in [3.63, 3.8) is 0 Å². The number of ether oxygens (including phenoxy) is 3. The molecule has 13 heteroatoms. The minimum atomic E-state index is -5.02. The summed E-state index contributed by atoms with van der Waals surface area (Å²) in [7, 11) is 6.12. The van der Waals surface area contributed by atoms with E-state index in [1.807, 2.05) is 30.3 Å². The molecule has 0 spiro atoms. The van der Waals surface area contributed by atoms with E-state index in [2.05, 4.69) is 0 Å². The van der Waals surface area contributed by atoms with Crippen LogP contribution in [-0.4, -0.2) is 96.7 Å². The van der Waals surface area contributed by atoms with E-state index in [1.54, 1.807) is 41.8 Å². The number of aryl methyl sites for hydroxylation is 1. The lowest BCUT2D eigenvalue weighted by atomic mass is 9.90. The molecule has 0 aliphatic carbocycles. The van der Waals surface area contributed by atoms with Crippen LogP contribution in [0, 0.1) is 0 Å². The number of fused-ring (bicyclic) bond motifs is 1. The molecule has 1 aromatic heterocycles. The van der Waals surface area contributed by atoms with Crippen molar-refractivity contribution < 1.29 is 47.2 Å². The summed E-state index contributed by atoms with van der Waals surface area (Å²) in [4.78, 5) is 26.8. The summed E-state index contributed by atoms with van der Waals surface area (Å²) < 4.78 is 64.1. The number of carbonyl (C=O) groups is 2. The number of β-amino-alcohol motifs (C(OH)–C–C–N with tert-alkyl or cyclic N) is 1. The average molecular weight is 698 g/mol. The third-order valence-corrected chi connectivity index (χ3v) is 9.07. The lowest BCUT2D eigenvalue weighted by Gasteiger charge is -2.39. The fourth-order valence-electron chi connectivity index (χ4n) is 6.37. The minimum absolute atomic E-state index is 0.0695. The third kappa shape index (κ3) is 7.84. The standard InChI is InChI=1S/C37H42F3N3O7/c1-41(2)35(46)26-11-12-28-29(22-43(30(28)20-26)21-24-8-6-5-7-9-24)36(47,37(38,39)40)23-42-16-14-27(15-17-42)50-34-31(48-3)18-25(10-13-33(44)45)19-32(34)49-4/h5-9,11-12,18-20,22,27,47H,10,13-17,21,23H2,1-4H3,(H,44,45). The number of methoxy groups -OCH3 is 2. The summed E-state index contributed by atoms with van der Waals surface area (Å²) in [6.45, 7) is -0.0267. The molecule has 0 saturated carbocycles. The van der Waals surface area contributed by atoms with Gasteiger partial charge in [-0.05, 0) is 54.7 Å². The fraction of sp³-hybridized carbons (Fsp3) is 0.405. The number of amides is 1. The number of aliphatic carboxylic acids is 1. The predicted octanol–water partition coefficient (Wildman–Crippen LogP) is 5.72. The van der Waals surface area contributed by atoms with Gasteiger partial charge in [0.2, 0.25) is 11.4 Å². The maximum Gasteiger partial charge on any atom is 0.422 e. The van der Waals surface area contributed by atoms with Crippen molar-refractivity contribution in [1.82, 2.24) is 14.4 Å². The topological polar surface area (TPSA) is 114 Å². The number of halogens is 3. The largest absolute Gasteiger partial charge is 0.493 e. The van der Waals surface area contributed by atoms with Gasteiger partial charge in [-0.15, -0.1) is 0 Å². The van der Waals surface area contributed by atoms with Crippen molar-refractivity contribution in [3.8, 4) is 17.2 Å². The van der Waals surface area contributed by atoms with E-state index in [0.29, 0.717) is 46.7 Å². The molecule has 2 N–H and O–H groups in total. The SMILES string of the molecule is COc1cc(CCC(=O)O)cc(OC)c1OC1CCN(CC(O)(c2cn(Cc3ccccc3)c3cc(C(=O)N(C)C)ccc23)C(F)(F)F)CC1. The summed E-state index contributed by atoms with van der Waals surface area (Å²) in [5.74, 6) is -0.169. The van der Waals surface area contributed by atoms with E-state index in [-0.39, 0.29) is 55.4 Å². The first-order chi connectivity index (χ1) is 23.7. The van der Waals surface area contributed by atoms with E-state index in [0.717, 1.165) is 5.56 Å². The number of aromatic nitrogens is 1. The van der Waals surface area contributed by atoms with Gasteiger partial charge in [0.1, 0.15) is 6.10 Å². The van der Waals surface area contributed by atoms with Gasteiger partial charge in [0, 0.05) is 74.9 Å². The molecule has 10 nitrogen and oxygen atoms in total. The molecule has 1 unspecified atom stereocenters. The summed E-state index contributed by atoms with van der Waals surface area (Å²) in [5, 5.41) is 21.0. The highest BCUT2D eigenvalue weighted by Gasteiger charge is 2.57. The van der Waals surface area contributed by atoms with Crippen LogP contribution >= 0.6 is 0 Å². The van der Waals surface area contributed by atoms with E-state index in [4.69, 9.17) is 19.3 Å². The lowest BCUT2D eigenvalue weighted by molar-refractivity contribution is -0.272. The van der Waals surface area contributed by atoms with Gasteiger partial charge in [0.05, 0.1) is 14.2 Å². The van der Waals surface area contributed by atoms with Crippen molar-refractivity contribution in [2.24, 2.45) is 0 Å². The second-order valence-corrected chi connectivity index (χ2v) is 12.8. The monoisotopic (exact) mass is 697 g/mol. The van der Waals surface area contributed by atoms with Crippen LogP contribution in [0.25, 0.3) is 10.9 Å². The van der Waals surface area contributed by atoms with E-state index in [1.165, 1.54) is 37.4 Å². The lowest BCUT2D eigenvalue weighted by Crippen LogP contribution is -2.53. The molecule has 0 bridgehead atoms. The molecule has 4 aromatic rings. The number of benzene rings is 3. The molecule has 1 aliphatic rings. The molecular formula is C37H42F3N3O7. The first kappa shape index (κ1) is 36.5. The number of nitrogens with zero attached hydrogens (tertiary/aromatic N) is 3. The summed E-state index contributed by atoms with van der Waals surface area (Å²) in [6.07, 6.45) is -3.11. The Morgan fingerprint density at radius 3 is 2.14 bits per heavy atom. The number of carboxylic acid groups (broad SMARTS) is 1. The van der Waals surface area contributed by atoms with Gasteiger partial charge in [0.25, 0.3) is 5.91 Å². The molecular weight excluding hydrogens is 655 g/mol. The second-order valence-electron chi connectivity index (χ2n) is 12.8. The number of carboxylic acids is 1. The van der Waals surface area contributed by atoms with Gasteiger partial charge in [0.15, 0.2) is 11.5 Å².